The predicted octanol–water partition coefficient (Wildman–Crippen LogP) is 2.92. The highest BCUT2D eigenvalue weighted by Gasteiger charge is 2.21. The van der Waals surface area contributed by atoms with Crippen molar-refractivity contribution in [1.82, 2.24) is 4.98 Å². The van der Waals surface area contributed by atoms with Crippen molar-refractivity contribution < 1.29 is 22.7 Å². The van der Waals surface area contributed by atoms with Crippen LogP contribution in [-0.2, 0) is 16.0 Å². The van der Waals surface area contributed by atoms with Crippen molar-refractivity contribution in [2.45, 2.75) is 19.8 Å². The zero-order chi connectivity index (χ0) is 13.0. The Hall–Kier alpha value is -1.30. The van der Waals surface area contributed by atoms with Crippen molar-refractivity contribution in [1.29, 1.82) is 0 Å². The first-order valence-corrected chi connectivity index (χ1v) is 5.12. The first-order chi connectivity index (χ1) is 7.95. The van der Waals surface area contributed by atoms with Crippen LogP contribution in [0.4, 0.5) is 13.2 Å². The van der Waals surface area contributed by atoms with Crippen molar-refractivity contribution in [3.8, 4) is 0 Å². The normalized spacial score (nSPS) is 10.7. The molecule has 1 aromatic rings. The zero-order valence-electron chi connectivity index (χ0n) is 8.84. The van der Waals surface area contributed by atoms with Crippen molar-refractivity contribution in [3.05, 3.63) is 28.3 Å². The molecule has 0 fully saturated rings. The van der Waals surface area contributed by atoms with Crippen LogP contribution in [-0.4, -0.2) is 17.6 Å². The van der Waals surface area contributed by atoms with Crippen molar-refractivity contribution in [2.24, 2.45) is 0 Å². The van der Waals surface area contributed by atoms with Crippen molar-refractivity contribution >= 4 is 17.6 Å². The summed E-state index contributed by atoms with van der Waals surface area (Å²) in [5.41, 5.74) is -1.31. The molecule has 0 aliphatic carbocycles. The van der Waals surface area contributed by atoms with E-state index in [2.05, 4.69) is 9.72 Å². The van der Waals surface area contributed by atoms with Crippen LogP contribution in [0.2, 0.25) is 5.15 Å². The van der Waals surface area contributed by atoms with Crippen LogP contribution in [0, 0.1) is 5.82 Å². The molecule has 0 bridgehead atoms. The Morgan fingerprint density at radius 1 is 1.59 bits per heavy atom. The molecule has 3 nitrogen and oxygen atoms in total. The Morgan fingerprint density at radius 2 is 2.24 bits per heavy atom. The molecule has 0 N–H and O–H groups in total. The average Bonchev–Trinajstić information content (AvgIpc) is 2.22. The minimum Gasteiger partial charge on any atom is -0.466 e. The van der Waals surface area contributed by atoms with Gasteiger partial charge in [-0.2, -0.15) is 0 Å². The smallest absolute Gasteiger partial charge is 0.310 e. The van der Waals surface area contributed by atoms with Gasteiger partial charge >= 0.3 is 5.97 Å². The van der Waals surface area contributed by atoms with Crippen LogP contribution in [0.5, 0.6) is 0 Å². The molecule has 94 valence electrons. The van der Waals surface area contributed by atoms with E-state index in [4.69, 9.17) is 11.6 Å². The summed E-state index contributed by atoms with van der Waals surface area (Å²) >= 11 is 5.46. The molecule has 7 heteroatoms. The lowest BCUT2D eigenvalue weighted by Gasteiger charge is -2.07. The molecule has 1 rings (SSSR count). The summed E-state index contributed by atoms with van der Waals surface area (Å²) in [6.07, 6.45) is -3.55. The van der Waals surface area contributed by atoms with Crippen LogP contribution in [0.25, 0.3) is 0 Å². The lowest BCUT2D eigenvalue weighted by molar-refractivity contribution is -0.142. The number of carbonyl (C=O) groups is 1. The molecule has 0 aromatic carbocycles. The molecule has 0 radical (unpaired) electrons. The Balaban J connectivity index is 3.03. The van der Waals surface area contributed by atoms with Gasteiger partial charge in [0.15, 0.2) is 5.82 Å². The summed E-state index contributed by atoms with van der Waals surface area (Å²) < 4.78 is 42.9. The van der Waals surface area contributed by atoms with Gasteiger partial charge in [-0.3, -0.25) is 4.79 Å². The van der Waals surface area contributed by atoms with Gasteiger partial charge in [0, 0.05) is 5.56 Å². The van der Waals surface area contributed by atoms with E-state index in [0.29, 0.717) is 0 Å². The molecule has 0 unspecified atom stereocenters. The fraction of sp³-hybridized carbons (Fsp3) is 0.400. The summed E-state index contributed by atoms with van der Waals surface area (Å²) in [6.45, 7) is 1.71. The second kappa shape index (κ2) is 5.86. The zero-order valence-corrected chi connectivity index (χ0v) is 9.60. The van der Waals surface area contributed by atoms with Gasteiger partial charge in [-0.1, -0.05) is 11.6 Å². The predicted molar refractivity (Wildman–Crippen MR) is 54.5 cm³/mol. The van der Waals surface area contributed by atoms with Crippen LogP contribution in [0.3, 0.4) is 0 Å². The van der Waals surface area contributed by atoms with E-state index in [1.54, 1.807) is 6.92 Å². The maximum atomic E-state index is 13.5. The maximum Gasteiger partial charge on any atom is 0.310 e. The van der Waals surface area contributed by atoms with E-state index in [1.165, 1.54) is 0 Å². The second-order valence-electron chi connectivity index (χ2n) is 3.09. The van der Waals surface area contributed by atoms with E-state index in [9.17, 15) is 18.0 Å². The molecule has 1 aromatic heterocycles. The number of carbonyl (C=O) groups excluding carboxylic acids is 1. The van der Waals surface area contributed by atoms with Crippen LogP contribution in [0.1, 0.15) is 24.6 Å². The number of esters is 1. The maximum absolute atomic E-state index is 13.5. The number of alkyl halides is 2. The van der Waals surface area contributed by atoms with Crippen LogP contribution >= 0.6 is 11.6 Å². The highest BCUT2D eigenvalue weighted by molar-refractivity contribution is 6.29. The monoisotopic (exact) mass is 267 g/mol. The number of rotatable bonds is 4. The molecule has 0 saturated heterocycles. The minimum atomic E-state index is -3.09. The SMILES string of the molecule is CCOC(=O)Cc1cc(Cl)nc(C(F)F)c1F. The van der Waals surface area contributed by atoms with Crippen molar-refractivity contribution in [3.63, 3.8) is 0 Å². The molecular weight excluding hydrogens is 259 g/mol. The lowest BCUT2D eigenvalue weighted by Crippen LogP contribution is -2.11. The molecule has 1 heterocycles. The van der Waals surface area contributed by atoms with E-state index in [1.807, 2.05) is 0 Å². The minimum absolute atomic E-state index is 0.126. The van der Waals surface area contributed by atoms with Gasteiger partial charge in [0.05, 0.1) is 13.0 Å². The lowest BCUT2D eigenvalue weighted by atomic mass is 10.1. The first-order valence-electron chi connectivity index (χ1n) is 4.74. The number of hydrogen-bond donors (Lipinski definition) is 0. The van der Waals surface area contributed by atoms with Gasteiger partial charge < -0.3 is 4.74 Å². The molecule has 0 atom stereocenters. The van der Waals surface area contributed by atoms with E-state index >= 15 is 0 Å². The molecular formula is C10H9ClF3NO2. The highest BCUT2D eigenvalue weighted by Crippen LogP contribution is 2.25. The third-order valence-electron chi connectivity index (χ3n) is 1.87. The quantitative estimate of drug-likeness (QED) is 0.622. The number of pyridine rings is 1. The summed E-state index contributed by atoms with van der Waals surface area (Å²) in [5, 5.41) is -0.291. The third kappa shape index (κ3) is 3.59. The van der Waals surface area contributed by atoms with Gasteiger partial charge in [0.2, 0.25) is 0 Å². The third-order valence-corrected chi connectivity index (χ3v) is 2.07. The van der Waals surface area contributed by atoms with E-state index in [0.717, 1.165) is 6.07 Å². The summed E-state index contributed by atoms with van der Waals surface area (Å²) in [4.78, 5) is 14.3. The Kier molecular flexibility index (Phi) is 4.74. The Bertz CT molecular complexity index is 426. The Labute approximate surface area is 101 Å². The van der Waals surface area contributed by atoms with E-state index in [-0.39, 0.29) is 17.3 Å². The molecule has 0 aliphatic heterocycles. The number of ether oxygens (including phenoxy) is 1. The number of hydrogen-bond acceptors (Lipinski definition) is 3. The van der Waals surface area contributed by atoms with Crippen molar-refractivity contribution in [2.75, 3.05) is 6.61 Å². The number of nitrogens with zero attached hydrogens (tertiary/aromatic N) is 1. The summed E-state index contributed by atoms with van der Waals surface area (Å²) in [5.74, 6) is -1.94. The molecule has 0 aliphatic rings. The standard InChI is InChI=1S/C10H9ClF3NO2/c1-2-17-7(16)4-5-3-6(11)15-9(8(5)12)10(13)14/h3,10H,2,4H2,1H3. The van der Waals surface area contributed by atoms with Gasteiger partial charge in [0.1, 0.15) is 10.8 Å². The van der Waals surface area contributed by atoms with Gasteiger partial charge in [-0.25, -0.2) is 18.2 Å². The van der Waals surface area contributed by atoms with Crippen LogP contribution < -0.4 is 0 Å². The number of halogens is 4. The fourth-order valence-corrected chi connectivity index (χ4v) is 1.43. The summed E-state index contributed by atoms with van der Waals surface area (Å²) in [6, 6.07) is 1.03. The highest BCUT2D eigenvalue weighted by atomic mass is 35.5. The van der Waals surface area contributed by atoms with Gasteiger partial charge in [-0.05, 0) is 13.0 Å². The largest absolute Gasteiger partial charge is 0.466 e. The van der Waals surface area contributed by atoms with Gasteiger partial charge in [-0.15, -0.1) is 0 Å². The average molecular weight is 268 g/mol. The number of aromatic nitrogens is 1. The Morgan fingerprint density at radius 3 is 2.76 bits per heavy atom. The molecule has 0 amide bonds. The first kappa shape index (κ1) is 13.8. The van der Waals surface area contributed by atoms with E-state index < -0.39 is 30.3 Å². The molecule has 17 heavy (non-hydrogen) atoms. The summed E-state index contributed by atoms with van der Waals surface area (Å²) in [7, 11) is 0. The topological polar surface area (TPSA) is 39.2 Å². The van der Waals surface area contributed by atoms with Gasteiger partial charge in [0.25, 0.3) is 6.43 Å². The fourth-order valence-electron chi connectivity index (χ4n) is 1.21. The van der Waals surface area contributed by atoms with Crippen LogP contribution in [0.15, 0.2) is 6.07 Å². The second-order valence-corrected chi connectivity index (χ2v) is 3.47. The molecule has 0 saturated carbocycles. The molecule has 0 spiro atoms.